The third-order valence-electron chi connectivity index (χ3n) is 5.12. The molecule has 1 N–H and O–H groups in total. The van der Waals surface area contributed by atoms with Gasteiger partial charge in [-0.25, -0.2) is 0 Å². The van der Waals surface area contributed by atoms with Crippen molar-refractivity contribution in [1.29, 1.82) is 0 Å². The van der Waals surface area contributed by atoms with E-state index in [1.54, 1.807) is 0 Å². The second-order valence-corrected chi connectivity index (χ2v) is 7.65. The quantitative estimate of drug-likeness (QED) is 0.916. The highest BCUT2D eigenvalue weighted by atomic mass is 16.5. The predicted octanol–water partition coefficient (Wildman–Crippen LogP) is 2.40. The zero-order valence-corrected chi connectivity index (χ0v) is 15.2. The molecule has 0 aromatic heterocycles. The summed E-state index contributed by atoms with van der Waals surface area (Å²) in [5.41, 5.74) is 1.61. The van der Waals surface area contributed by atoms with E-state index in [9.17, 15) is 9.59 Å². The molecule has 1 aromatic carbocycles. The molecular formula is C20H28N2O3. The molecule has 2 fully saturated rings. The fourth-order valence-electron chi connectivity index (χ4n) is 3.74. The number of carbonyl (C=O) groups is 2. The second-order valence-electron chi connectivity index (χ2n) is 7.65. The molecule has 2 aliphatic rings. The summed E-state index contributed by atoms with van der Waals surface area (Å²) in [6.07, 6.45) is 2.87. The van der Waals surface area contributed by atoms with Gasteiger partial charge in [0, 0.05) is 25.2 Å². The maximum Gasteiger partial charge on any atom is 0.253 e. The van der Waals surface area contributed by atoms with E-state index in [-0.39, 0.29) is 11.8 Å². The van der Waals surface area contributed by atoms with Gasteiger partial charge in [0.25, 0.3) is 5.91 Å². The van der Waals surface area contributed by atoms with Crippen molar-refractivity contribution in [3.05, 3.63) is 35.4 Å². The van der Waals surface area contributed by atoms with Gasteiger partial charge in [0.05, 0.1) is 18.6 Å². The van der Waals surface area contributed by atoms with E-state index >= 15 is 0 Å². The zero-order chi connectivity index (χ0) is 17.9. The number of amides is 2. The topological polar surface area (TPSA) is 58.6 Å². The highest BCUT2D eigenvalue weighted by Gasteiger charge is 2.39. The Labute approximate surface area is 149 Å². The maximum atomic E-state index is 12.7. The van der Waals surface area contributed by atoms with Crippen molar-refractivity contribution < 1.29 is 14.3 Å². The molecule has 0 saturated carbocycles. The molecule has 5 nitrogen and oxygen atoms in total. The lowest BCUT2D eigenvalue weighted by atomic mass is 9.87. The number of nitrogens with one attached hydrogen (secondary N) is 1. The van der Waals surface area contributed by atoms with Gasteiger partial charge in [-0.1, -0.05) is 26.0 Å². The number of piperidine rings is 1. The van der Waals surface area contributed by atoms with E-state index in [0.717, 1.165) is 24.8 Å². The number of nitrogens with zero attached hydrogens (tertiary/aromatic N) is 1. The molecule has 2 amide bonds. The van der Waals surface area contributed by atoms with E-state index in [2.05, 4.69) is 31.3 Å². The second kappa shape index (κ2) is 7.56. The van der Waals surface area contributed by atoms with Crippen LogP contribution in [0.4, 0.5) is 0 Å². The number of hydrogen-bond acceptors (Lipinski definition) is 3. The molecule has 0 unspecified atom stereocenters. The van der Waals surface area contributed by atoms with Crippen LogP contribution in [0.5, 0.6) is 0 Å². The van der Waals surface area contributed by atoms with Gasteiger partial charge in [-0.05, 0) is 42.9 Å². The third kappa shape index (κ3) is 4.40. The summed E-state index contributed by atoms with van der Waals surface area (Å²) in [4.78, 5) is 26.5. The van der Waals surface area contributed by atoms with Crippen LogP contribution in [0.1, 0.15) is 49.0 Å². The van der Waals surface area contributed by atoms with Crippen molar-refractivity contribution in [1.82, 2.24) is 10.2 Å². The van der Waals surface area contributed by atoms with Crippen LogP contribution >= 0.6 is 0 Å². The molecule has 2 aliphatic heterocycles. The monoisotopic (exact) mass is 344 g/mol. The molecule has 0 bridgehead atoms. The molecule has 2 heterocycles. The third-order valence-corrected chi connectivity index (χ3v) is 5.12. The van der Waals surface area contributed by atoms with Gasteiger partial charge in [-0.2, -0.15) is 0 Å². The largest absolute Gasteiger partial charge is 0.372 e. The lowest BCUT2D eigenvalue weighted by molar-refractivity contribution is -0.127. The number of likely N-dealkylation sites (tertiary alicyclic amines) is 1. The van der Waals surface area contributed by atoms with Crippen LogP contribution in [0.15, 0.2) is 24.3 Å². The van der Waals surface area contributed by atoms with Crippen LogP contribution in [0.3, 0.4) is 0 Å². The van der Waals surface area contributed by atoms with E-state index in [1.807, 2.05) is 17.0 Å². The summed E-state index contributed by atoms with van der Waals surface area (Å²) in [5, 5.41) is 2.85. The van der Waals surface area contributed by atoms with Crippen molar-refractivity contribution >= 4 is 11.8 Å². The number of rotatable bonds is 3. The highest BCUT2D eigenvalue weighted by molar-refractivity contribution is 5.94. The van der Waals surface area contributed by atoms with Crippen molar-refractivity contribution in [3.8, 4) is 0 Å². The summed E-state index contributed by atoms with van der Waals surface area (Å²) >= 11 is 0. The van der Waals surface area contributed by atoms with Crippen LogP contribution in [-0.4, -0.2) is 48.6 Å². The minimum absolute atomic E-state index is 0.0537. The Hall–Kier alpha value is -1.88. The Morgan fingerprint density at radius 2 is 1.92 bits per heavy atom. The molecule has 3 rings (SSSR count). The van der Waals surface area contributed by atoms with Gasteiger partial charge < -0.3 is 15.0 Å². The number of carbonyl (C=O) groups excluding carboxylic acids is 2. The molecule has 5 heteroatoms. The Balaban J connectivity index is 1.60. The van der Waals surface area contributed by atoms with Gasteiger partial charge in [0.15, 0.2) is 0 Å². The maximum absolute atomic E-state index is 12.7. The summed E-state index contributed by atoms with van der Waals surface area (Å²) < 4.78 is 5.97. The average Bonchev–Trinajstić information content (AvgIpc) is 2.76. The van der Waals surface area contributed by atoms with Gasteiger partial charge in [0.1, 0.15) is 0 Å². The summed E-state index contributed by atoms with van der Waals surface area (Å²) in [7, 11) is 0. The summed E-state index contributed by atoms with van der Waals surface area (Å²) in [5.74, 6) is 0.735. The van der Waals surface area contributed by atoms with Crippen LogP contribution in [-0.2, 0) is 16.0 Å². The molecule has 2 saturated heterocycles. The lowest BCUT2D eigenvalue weighted by Gasteiger charge is -2.40. The molecule has 136 valence electrons. The lowest BCUT2D eigenvalue weighted by Crippen LogP contribution is -2.48. The number of benzene rings is 1. The Morgan fingerprint density at radius 3 is 2.56 bits per heavy atom. The first kappa shape index (κ1) is 17.9. The molecule has 1 spiro atoms. The first-order valence-electron chi connectivity index (χ1n) is 9.26. The average molecular weight is 344 g/mol. The molecule has 0 aliphatic carbocycles. The fraction of sp³-hybridized carbons (Fsp3) is 0.600. The van der Waals surface area contributed by atoms with E-state index < -0.39 is 5.60 Å². The van der Waals surface area contributed by atoms with Gasteiger partial charge >= 0.3 is 0 Å². The van der Waals surface area contributed by atoms with Gasteiger partial charge in [-0.3, -0.25) is 9.59 Å². The molecule has 25 heavy (non-hydrogen) atoms. The van der Waals surface area contributed by atoms with Crippen molar-refractivity contribution in [2.24, 2.45) is 5.92 Å². The molecule has 0 radical (unpaired) electrons. The smallest absolute Gasteiger partial charge is 0.253 e. The minimum atomic E-state index is -0.390. The van der Waals surface area contributed by atoms with Crippen molar-refractivity contribution in [2.75, 3.05) is 26.2 Å². The van der Waals surface area contributed by atoms with E-state index in [4.69, 9.17) is 4.74 Å². The molecule has 1 aromatic rings. The standard InChI is InChI=1S/C20H28N2O3/c1-15(2)13-16-3-5-17(6-4-16)19(24)22-10-7-20(8-11-22)14-18(23)21-9-12-25-20/h3-6,15H,7-14H2,1-2H3,(H,21,23). The highest BCUT2D eigenvalue weighted by Crippen LogP contribution is 2.31. The Morgan fingerprint density at radius 1 is 1.24 bits per heavy atom. The SMILES string of the molecule is CC(C)Cc1ccc(C(=O)N2CCC3(CC2)CC(=O)NCCO3)cc1. The van der Waals surface area contributed by atoms with Gasteiger partial charge in [-0.15, -0.1) is 0 Å². The van der Waals surface area contributed by atoms with Crippen molar-refractivity contribution in [3.63, 3.8) is 0 Å². The normalized spacial score (nSPS) is 20.4. The first-order chi connectivity index (χ1) is 12.0. The Bertz CT molecular complexity index is 616. The van der Waals surface area contributed by atoms with Crippen molar-refractivity contribution in [2.45, 2.75) is 45.1 Å². The first-order valence-corrected chi connectivity index (χ1v) is 9.26. The van der Waals surface area contributed by atoms with Crippen LogP contribution in [0, 0.1) is 5.92 Å². The number of ether oxygens (including phenoxy) is 1. The fourth-order valence-corrected chi connectivity index (χ4v) is 3.74. The van der Waals surface area contributed by atoms with Gasteiger partial charge in [0.2, 0.25) is 5.91 Å². The molecule has 0 atom stereocenters. The minimum Gasteiger partial charge on any atom is -0.372 e. The molecular weight excluding hydrogens is 316 g/mol. The van der Waals surface area contributed by atoms with Crippen LogP contribution in [0.25, 0.3) is 0 Å². The van der Waals surface area contributed by atoms with Crippen LogP contribution < -0.4 is 5.32 Å². The van der Waals surface area contributed by atoms with E-state index in [1.165, 1.54) is 5.56 Å². The zero-order valence-electron chi connectivity index (χ0n) is 15.2. The summed E-state index contributed by atoms with van der Waals surface area (Å²) in [6, 6.07) is 7.97. The van der Waals surface area contributed by atoms with E-state index in [0.29, 0.717) is 38.6 Å². The Kier molecular flexibility index (Phi) is 5.42. The summed E-state index contributed by atoms with van der Waals surface area (Å²) in [6.45, 7) is 6.79. The number of hydrogen-bond donors (Lipinski definition) is 1. The van der Waals surface area contributed by atoms with Crippen LogP contribution in [0.2, 0.25) is 0 Å². The predicted molar refractivity (Wildman–Crippen MR) is 96.4 cm³/mol.